The van der Waals surface area contributed by atoms with E-state index in [2.05, 4.69) is 11.8 Å². The van der Waals surface area contributed by atoms with Crippen molar-refractivity contribution < 1.29 is 14.6 Å². The molecule has 4 heteroatoms. The third-order valence-electron chi connectivity index (χ3n) is 4.52. The lowest BCUT2D eigenvalue weighted by Crippen LogP contribution is -2.45. The first-order chi connectivity index (χ1) is 11.5. The lowest BCUT2D eigenvalue weighted by molar-refractivity contribution is -0.174. The molecule has 2 rings (SSSR count). The highest BCUT2D eigenvalue weighted by atomic mass is 16.5. The molecular weight excluding hydrogens is 302 g/mol. The minimum absolute atomic E-state index is 0.00847. The smallest absolute Gasteiger partial charge is 0.344 e. The van der Waals surface area contributed by atoms with E-state index in [-0.39, 0.29) is 12.5 Å². The third-order valence-corrected chi connectivity index (χ3v) is 4.52. The number of benzene rings is 1. The van der Waals surface area contributed by atoms with Crippen LogP contribution in [0, 0.1) is 17.8 Å². The second kappa shape index (κ2) is 8.86. The van der Waals surface area contributed by atoms with E-state index < -0.39 is 11.6 Å². The highest BCUT2D eigenvalue weighted by Gasteiger charge is 2.46. The van der Waals surface area contributed by atoms with Crippen LogP contribution in [0.2, 0.25) is 0 Å². The van der Waals surface area contributed by atoms with Crippen LogP contribution in [0.1, 0.15) is 37.7 Å². The molecule has 0 bridgehead atoms. The summed E-state index contributed by atoms with van der Waals surface area (Å²) in [6, 6.07) is 9.16. The largest absolute Gasteiger partial charge is 0.450 e. The molecule has 0 unspecified atom stereocenters. The van der Waals surface area contributed by atoms with Gasteiger partial charge in [-0.25, -0.2) is 4.79 Å². The third kappa shape index (κ3) is 4.59. The van der Waals surface area contributed by atoms with Gasteiger partial charge in [-0.05, 0) is 32.5 Å². The Labute approximate surface area is 144 Å². The molecule has 0 saturated heterocycles. The van der Waals surface area contributed by atoms with Crippen molar-refractivity contribution in [2.45, 2.75) is 37.7 Å². The molecular formula is C20H27NO3. The number of ether oxygens (including phenoxy) is 1. The van der Waals surface area contributed by atoms with Crippen LogP contribution in [-0.4, -0.2) is 43.2 Å². The fourth-order valence-electron chi connectivity index (χ4n) is 3.21. The monoisotopic (exact) mass is 329 g/mol. The van der Waals surface area contributed by atoms with Gasteiger partial charge in [-0.3, -0.25) is 4.90 Å². The summed E-state index contributed by atoms with van der Waals surface area (Å²) in [6.45, 7) is 0.623. The maximum absolute atomic E-state index is 12.7. The summed E-state index contributed by atoms with van der Waals surface area (Å²) in [6.07, 6.45) is 4.91. The summed E-state index contributed by atoms with van der Waals surface area (Å²) < 4.78 is 5.32. The van der Waals surface area contributed by atoms with E-state index in [1.165, 1.54) is 0 Å². The normalized spacial score (nSPS) is 17.7. The van der Waals surface area contributed by atoms with Gasteiger partial charge in [-0.2, -0.15) is 0 Å². The number of esters is 1. The van der Waals surface area contributed by atoms with E-state index in [0.29, 0.717) is 12.1 Å². The summed E-state index contributed by atoms with van der Waals surface area (Å²) in [7, 11) is 3.86. The van der Waals surface area contributed by atoms with Gasteiger partial charge in [0.2, 0.25) is 0 Å². The molecule has 1 aromatic carbocycles. The van der Waals surface area contributed by atoms with E-state index in [0.717, 1.165) is 32.1 Å². The molecule has 1 fully saturated rings. The van der Waals surface area contributed by atoms with Crippen LogP contribution >= 0.6 is 0 Å². The summed E-state index contributed by atoms with van der Waals surface area (Å²) >= 11 is 0. The van der Waals surface area contributed by atoms with Crippen LogP contribution in [0.3, 0.4) is 0 Å². The Balaban J connectivity index is 2.13. The molecule has 1 N–H and O–H groups in total. The van der Waals surface area contributed by atoms with Gasteiger partial charge in [0.15, 0.2) is 12.2 Å². The Morgan fingerprint density at radius 1 is 1.21 bits per heavy atom. The van der Waals surface area contributed by atoms with Crippen LogP contribution in [0.4, 0.5) is 0 Å². The van der Waals surface area contributed by atoms with Crippen LogP contribution in [0.25, 0.3) is 0 Å². The van der Waals surface area contributed by atoms with Gasteiger partial charge in [0, 0.05) is 5.92 Å². The summed E-state index contributed by atoms with van der Waals surface area (Å²) in [5, 5.41) is 11.3. The molecule has 0 aliphatic heterocycles. The van der Waals surface area contributed by atoms with Gasteiger partial charge in [0.25, 0.3) is 0 Å². The van der Waals surface area contributed by atoms with Crippen molar-refractivity contribution in [2.24, 2.45) is 5.92 Å². The minimum atomic E-state index is -1.58. The molecule has 1 aliphatic rings. The number of nitrogens with zero attached hydrogens (tertiary/aromatic N) is 1. The highest BCUT2D eigenvalue weighted by Crippen LogP contribution is 2.40. The number of aliphatic hydroxyl groups is 1. The lowest BCUT2D eigenvalue weighted by Gasteiger charge is -2.36. The van der Waals surface area contributed by atoms with Gasteiger partial charge in [-0.1, -0.05) is 61.4 Å². The number of carbonyl (C=O) groups is 1. The quantitative estimate of drug-likeness (QED) is 0.666. The molecule has 4 nitrogen and oxygen atoms in total. The molecule has 24 heavy (non-hydrogen) atoms. The van der Waals surface area contributed by atoms with E-state index in [4.69, 9.17) is 4.74 Å². The van der Waals surface area contributed by atoms with Crippen LogP contribution in [0.5, 0.6) is 0 Å². The molecule has 0 aromatic heterocycles. The Morgan fingerprint density at radius 3 is 2.50 bits per heavy atom. The predicted molar refractivity (Wildman–Crippen MR) is 94.2 cm³/mol. The summed E-state index contributed by atoms with van der Waals surface area (Å²) in [4.78, 5) is 14.7. The SMILES string of the molecule is CN(C)CC#CCOC(=O)[C@@](O)(c1ccccc1)C1CCCCC1. The van der Waals surface area contributed by atoms with Crippen molar-refractivity contribution in [3.63, 3.8) is 0 Å². The second-order valence-corrected chi connectivity index (χ2v) is 6.63. The predicted octanol–water partition coefficient (Wildman–Crippen LogP) is 2.56. The number of carbonyl (C=O) groups excluding carboxylic acids is 1. The Morgan fingerprint density at radius 2 is 1.88 bits per heavy atom. The van der Waals surface area contributed by atoms with Gasteiger partial charge in [-0.15, -0.1) is 0 Å². The van der Waals surface area contributed by atoms with Crippen molar-refractivity contribution in [3.05, 3.63) is 35.9 Å². The Bertz CT molecular complexity index is 582. The molecule has 1 atom stereocenters. The highest BCUT2D eigenvalue weighted by molar-refractivity contribution is 5.81. The number of hydrogen-bond acceptors (Lipinski definition) is 4. The van der Waals surface area contributed by atoms with Gasteiger partial charge in [0.1, 0.15) is 0 Å². The fourth-order valence-corrected chi connectivity index (χ4v) is 3.21. The number of rotatable bonds is 5. The second-order valence-electron chi connectivity index (χ2n) is 6.63. The molecule has 0 heterocycles. The molecule has 0 spiro atoms. The van der Waals surface area contributed by atoms with Gasteiger partial charge >= 0.3 is 5.97 Å². The van der Waals surface area contributed by atoms with Crippen molar-refractivity contribution >= 4 is 5.97 Å². The zero-order chi connectivity index (χ0) is 17.4. The van der Waals surface area contributed by atoms with Crippen molar-refractivity contribution in [2.75, 3.05) is 27.2 Å². The minimum Gasteiger partial charge on any atom is -0.450 e. The first-order valence-electron chi connectivity index (χ1n) is 8.60. The van der Waals surface area contributed by atoms with E-state index in [9.17, 15) is 9.90 Å². The standard InChI is InChI=1S/C20H27NO3/c1-21(2)15-9-10-16-24-19(22)20(23,17-11-5-3-6-12-17)18-13-7-4-8-14-18/h3,5-6,11-12,18,23H,4,7-8,13-16H2,1-2H3/t20-/m1/s1. The molecule has 1 aliphatic carbocycles. The zero-order valence-corrected chi connectivity index (χ0v) is 14.6. The van der Waals surface area contributed by atoms with Crippen molar-refractivity contribution in [1.82, 2.24) is 4.90 Å². The topological polar surface area (TPSA) is 49.8 Å². The molecule has 0 radical (unpaired) electrons. The van der Waals surface area contributed by atoms with Crippen LogP contribution in [0.15, 0.2) is 30.3 Å². The molecule has 1 saturated carbocycles. The average Bonchev–Trinajstić information content (AvgIpc) is 2.61. The zero-order valence-electron chi connectivity index (χ0n) is 14.6. The Hall–Kier alpha value is -1.83. The van der Waals surface area contributed by atoms with E-state index >= 15 is 0 Å². The van der Waals surface area contributed by atoms with E-state index in [1.54, 1.807) is 12.1 Å². The molecule has 1 aromatic rings. The van der Waals surface area contributed by atoms with Gasteiger partial charge in [0.05, 0.1) is 6.54 Å². The van der Waals surface area contributed by atoms with Crippen LogP contribution < -0.4 is 0 Å². The summed E-state index contributed by atoms with van der Waals surface area (Å²) in [5.74, 6) is 5.07. The first kappa shape index (κ1) is 18.5. The maximum Gasteiger partial charge on any atom is 0.344 e. The average molecular weight is 329 g/mol. The van der Waals surface area contributed by atoms with Crippen LogP contribution in [-0.2, 0) is 15.1 Å². The van der Waals surface area contributed by atoms with Crippen molar-refractivity contribution in [1.29, 1.82) is 0 Å². The van der Waals surface area contributed by atoms with E-state index in [1.807, 2.05) is 37.2 Å². The first-order valence-corrected chi connectivity index (χ1v) is 8.60. The summed E-state index contributed by atoms with van der Waals surface area (Å²) in [5.41, 5.74) is -0.964. The lowest BCUT2D eigenvalue weighted by atomic mass is 9.73. The van der Waals surface area contributed by atoms with Gasteiger partial charge < -0.3 is 9.84 Å². The Kier molecular flexibility index (Phi) is 6.84. The maximum atomic E-state index is 12.7. The molecule has 0 amide bonds. The number of hydrogen-bond donors (Lipinski definition) is 1. The fraction of sp³-hybridized carbons (Fsp3) is 0.550. The van der Waals surface area contributed by atoms with Crippen molar-refractivity contribution in [3.8, 4) is 11.8 Å². The molecule has 130 valence electrons.